The lowest BCUT2D eigenvalue weighted by Gasteiger charge is -2.25. The summed E-state index contributed by atoms with van der Waals surface area (Å²) in [5.74, 6) is -0.142. The fourth-order valence-corrected chi connectivity index (χ4v) is 6.68. The molecule has 218 valence electrons. The Morgan fingerprint density at radius 1 is 0.977 bits per heavy atom. The van der Waals surface area contributed by atoms with Crippen LogP contribution in [0.3, 0.4) is 0 Å². The number of amides is 1. The van der Waals surface area contributed by atoms with E-state index in [4.69, 9.17) is 14.5 Å². The molecule has 0 bridgehead atoms. The van der Waals surface area contributed by atoms with E-state index in [1.165, 1.54) is 4.57 Å². The summed E-state index contributed by atoms with van der Waals surface area (Å²) in [6, 6.07) is 22.0. The van der Waals surface area contributed by atoms with Crippen LogP contribution in [0.1, 0.15) is 49.1 Å². The number of hydrogen-bond acceptors (Lipinski definition) is 7. The average Bonchev–Trinajstić information content (AvgIpc) is 3.45. The highest BCUT2D eigenvalue weighted by molar-refractivity contribution is 7.07. The average molecular weight is 594 g/mol. The fraction of sp³-hybridized carbons (Fsp3) is 0.235. The van der Waals surface area contributed by atoms with Gasteiger partial charge in [-0.2, -0.15) is 0 Å². The van der Waals surface area contributed by atoms with Gasteiger partial charge in [-0.15, -0.1) is 0 Å². The number of thiazole rings is 1. The molecule has 1 aromatic heterocycles. The molecule has 6 rings (SSSR count). The normalized spacial score (nSPS) is 17.1. The molecule has 3 aromatic carbocycles. The van der Waals surface area contributed by atoms with Gasteiger partial charge in [-0.25, -0.2) is 9.79 Å². The Labute approximate surface area is 252 Å². The van der Waals surface area contributed by atoms with E-state index < -0.39 is 12.0 Å². The zero-order chi connectivity index (χ0) is 30.4. The summed E-state index contributed by atoms with van der Waals surface area (Å²) in [7, 11) is 1.58. The molecule has 0 fully saturated rings. The van der Waals surface area contributed by atoms with Crippen LogP contribution in [-0.4, -0.2) is 29.7 Å². The minimum absolute atomic E-state index is 0.247. The molecule has 1 atom stereocenters. The van der Waals surface area contributed by atoms with Crippen molar-refractivity contribution < 1.29 is 19.1 Å². The van der Waals surface area contributed by atoms with E-state index in [0.29, 0.717) is 39.5 Å². The Morgan fingerprint density at radius 2 is 1.67 bits per heavy atom. The smallest absolute Gasteiger partial charge is 0.338 e. The zero-order valence-electron chi connectivity index (χ0n) is 24.6. The highest BCUT2D eigenvalue weighted by atomic mass is 32.1. The largest absolute Gasteiger partial charge is 0.497 e. The maximum atomic E-state index is 14.4. The van der Waals surface area contributed by atoms with Crippen molar-refractivity contribution in [2.45, 2.75) is 46.4 Å². The first kappa shape index (κ1) is 28.4. The van der Waals surface area contributed by atoms with Gasteiger partial charge in [0, 0.05) is 5.56 Å². The zero-order valence-corrected chi connectivity index (χ0v) is 25.4. The number of allylic oxidation sites excluding steroid dienone is 1. The summed E-state index contributed by atoms with van der Waals surface area (Å²) in [5, 5.41) is 0. The number of anilines is 1. The molecule has 1 amide bonds. The van der Waals surface area contributed by atoms with Crippen molar-refractivity contribution >= 4 is 34.5 Å². The van der Waals surface area contributed by atoms with E-state index >= 15 is 0 Å². The van der Waals surface area contributed by atoms with Crippen LogP contribution >= 0.6 is 11.3 Å². The summed E-state index contributed by atoms with van der Waals surface area (Å²) in [4.78, 5) is 48.7. The van der Waals surface area contributed by atoms with Gasteiger partial charge in [0.2, 0.25) is 0 Å². The van der Waals surface area contributed by atoms with E-state index in [1.807, 2.05) is 67.6 Å². The first-order valence-electron chi connectivity index (χ1n) is 14.0. The number of carbonyl (C=O) groups is 2. The lowest BCUT2D eigenvalue weighted by atomic mass is 9.95. The second-order valence-electron chi connectivity index (χ2n) is 10.9. The molecule has 0 radical (unpaired) electrons. The highest BCUT2D eigenvalue weighted by Gasteiger charge is 2.37. The maximum Gasteiger partial charge on any atom is 0.338 e. The minimum atomic E-state index is -0.793. The summed E-state index contributed by atoms with van der Waals surface area (Å²) in [6.07, 6.45) is -0.358. The van der Waals surface area contributed by atoms with Crippen molar-refractivity contribution in [2.24, 2.45) is 4.99 Å². The van der Waals surface area contributed by atoms with E-state index in [-0.39, 0.29) is 27.7 Å². The van der Waals surface area contributed by atoms with Crippen molar-refractivity contribution in [1.29, 1.82) is 0 Å². The monoisotopic (exact) mass is 593 g/mol. The number of para-hydroxylation sites is 1. The molecule has 3 heterocycles. The van der Waals surface area contributed by atoms with E-state index in [9.17, 15) is 14.4 Å². The summed E-state index contributed by atoms with van der Waals surface area (Å²) >= 11 is 1.16. The summed E-state index contributed by atoms with van der Waals surface area (Å²) in [6.45, 7) is 7.69. The second-order valence-corrected chi connectivity index (χ2v) is 11.9. The second kappa shape index (κ2) is 11.1. The van der Waals surface area contributed by atoms with Gasteiger partial charge >= 0.3 is 5.97 Å². The molecular weight excluding hydrogens is 562 g/mol. The van der Waals surface area contributed by atoms with Gasteiger partial charge in [-0.05, 0) is 57.0 Å². The molecule has 2 aliphatic heterocycles. The van der Waals surface area contributed by atoms with Crippen LogP contribution in [0.25, 0.3) is 5.57 Å². The predicted octanol–water partition coefficient (Wildman–Crippen LogP) is 4.42. The predicted molar refractivity (Wildman–Crippen MR) is 166 cm³/mol. The molecule has 8 nitrogen and oxygen atoms in total. The number of nitrogens with zero attached hydrogens (tertiary/aromatic N) is 3. The molecule has 0 saturated heterocycles. The van der Waals surface area contributed by atoms with Gasteiger partial charge < -0.3 is 14.4 Å². The topological polar surface area (TPSA) is 90.2 Å². The Morgan fingerprint density at radius 3 is 2.35 bits per heavy atom. The number of benzene rings is 3. The molecule has 0 unspecified atom stereocenters. The quantitative estimate of drug-likeness (QED) is 0.309. The Balaban J connectivity index is 1.55. The number of rotatable bonds is 6. The number of fused-ring (bicyclic) bond motifs is 2. The standard InChI is InChI=1S/C34H31N3O5S/c1-19(2)42-33(40)27-21(4)35-34-37(29(27)23-14-16-24(41-5)17-15-23)32(39)30(43-34)28-25-8-6-7-9-26(25)36(31(28)38)18-22-12-10-20(3)11-13-22/h6-17,19,29H,18H2,1-5H3/b30-28-/t29-/m1/s1. The third kappa shape index (κ3) is 4.99. The maximum absolute atomic E-state index is 14.4. The molecule has 0 spiro atoms. The van der Waals surface area contributed by atoms with Crippen molar-refractivity contribution in [1.82, 2.24) is 4.57 Å². The van der Waals surface area contributed by atoms with Gasteiger partial charge in [0.1, 0.15) is 10.3 Å². The lowest BCUT2D eigenvalue weighted by Crippen LogP contribution is -2.41. The van der Waals surface area contributed by atoms with Crippen LogP contribution in [0.4, 0.5) is 5.69 Å². The minimum Gasteiger partial charge on any atom is -0.497 e. The van der Waals surface area contributed by atoms with Gasteiger partial charge in [0.05, 0.1) is 48.3 Å². The van der Waals surface area contributed by atoms with Crippen LogP contribution in [0.5, 0.6) is 5.75 Å². The molecule has 4 aromatic rings. The number of esters is 1. The molecule has 43 heavy (non-hydrogen) atoms. The number of aryl methyl sites for hydroxylation is 1. The summed E-state index contributed by atoms with van der Waals surface area (Å²) < 4.78 is 12.7. The van der Waals surface area contributed by atoms with Gasteiger partial charge in [-0.1, -0.05) is 71.5 Å². The molecular formula is C34H31N3O5S. The lowest BCUT2D eigenvalue weighted by molar-refractivity contribution is -0.143. The first-order valence-corrected chi connectivity index (χ1v) is 14.9. The van der Waals surface area contributed by atoms with Gasteiger partial charge in [-0.3, -0.25) is 14.2 Å². The van der Waals surface area contributed by atoms with Crippen LogP contribution in [0, 0.1) is 6.92 Å². The Hall–Kier alpha value is -4.76. The molecule has 0 saturated carbocycles. The molecule has 2 aliphatic rings. The molecule has 0 aliphatic carbocycles. The number of carbonyl (C=O) groups excluding carboxylic acids is 2. The Kier molecular flexibility index (Phi) is 7.35. The first-order chi connectivity index (χ1) is 20.7. The van der Waals surface area contributed by atoms with Crippen LogP contribution in [-0.2, 0) is 20.9 Å². The SMILES string of the molecule is COc1ccc([C@@H]2C(C(=O)OC(C)C)=C(C)N=c3s/c(=C4\C(=O)N(Cc5ccc(C)cc5)c5ccccc54)c(=O)n32)cc1. The molecule has 9 heteroatoms. The van der Waals surface area contributed by atoms with E-state index in [0.717, 1.165) is 28.2 Å². The highest BCUT2D eigenvalue weighted by Crippen LogP contribution is 2.37. The number of hydrogen-bond donors (Lipinski definition) is 0. The van der Waals surface area contributed by atoms with Crippen LogP contribution in [0.15, 0.2) is 93.9 Å². The van der Waals surface area contributed by atoms with Crippen molar-refractivity contribution in [2.75, 3.05) is 12.0 Å². The Bertz CT molecular complexity index is 1970. The van der Waals surface area contributed by atoms with Crippen LogP contribution in [0.2, 0.25) is 0 Å². The fourth-order valence-electron chi connectivity index (χ4n) is 5.54. The van der Waals surface area contributed by atoms with Crippen molar-refractivity contribution in [3.05, 3.63) is 126 Å². The van der Waals surface area contributed by atoms with E-state index in [2.05, 4.69) is 0 Å². The number of methoxy groups -OCH3 is 1. The third-order valence-corrected chi connectivity index (χ3v) is 8.66. The summed E-state index contributed by atoms with van der Waals surface area (Å²) in [5.41, 5.74) is 4.96. The van der Waals surface area contributed by atoms with Gasteiger partial charge in [0.25, 0.3) is 11.5 Å². The number of aromatic nitrogens is 1. The third-order valence-electron chi connectivity index (χ3n) is 7.60. The van der Waals surface area contributed by atoms with Crippen molar-refractivity contribution in [3.63, 3.8) is 0 Å². The van der Waals surface area contributed by atoms with E-state index in [1.54, 1.807) is 44.9 Å². The number of ether oxygens (including phenoxy) is 2. The van der Waals surface area contributed by atoms with Gasteiger partial charge in [0.15, 0.2) is 4.80 Å². The van der Waals surface area contributed by atoms with Crippen molar-refractivity contribution in [3.8, 4) is 5.75 Å². The molecule has 0 N–H and O–H groups in total. The van der Waals surface area contributed by atoms with Crippen LogP contribution < -0.4 is 24.5 Å².